The number of nitrogens with zero attached hydrogens (tertiary/aromatic N) is 5. The molecule has 4 rings (SSSR count). The van der Waals surface area contributed by atoms with Gasteiger partial charge < -0.3 is 14.0 Å². The van der Waals surface area contributed by atoms with Gasteiger partial charge in [0.15, 0.2) is 5.82 Å². The summed E-state index contributed by atoms with van der Waals surface area (Å²) in [6, 6.07) is 7.91. The highest BCUT2D eigenvalue weighted by Gasteiger charge is 2.32. The fourth-order valence-electron chi connectivity index (χ4n) is 2.82. The van der Waals surface area contributed by atoms with E-state index in [1.54, 1.807) is 18.3 Å². The third kappa shape index (κ3) is 2.14. The van der Waals surface area contributed by atoms with Gasteiger partial charge in [-0.1, -0.05) is 17.3 Å². The summed E-state index contributed by atoms with van der Waals surface area (Å²) in [4.78, 5) is 22.1. The van der Waals surface area contributed by atoms with E-state index in [4.69, 9.17) is 4.52 Å². The molecule has 112 valence electrons. The third-order valence-corrected chi connectivity index (χ3v) is 4.01. The van der Waals surface area contributed by atoms with Crippen LogP contribution in [0.4, 0.5) is 0 Å². The smallest absolute Gasteiger partial charge is 0.232 e. The van der Waals surface area contributed by atoms with Crippen LogP contribution in [-0.4, -0.2) is 44.1 Å². The summed E-state index contributed by atoms with van der Waals surface area (Å²) in [6.45, 7) is 1.13. The van der Waals surface area contributed by atoms with Gasteiger partial charge in [0.1, 0.15) is 0 Å². The van der Waals surface area contributed by atoms with Crippen LogP contribution < -0.4 is 0 Å². The topological polar surface area (TPSA) is 77.1 Å². The molecule has 7 nitrogen and oxygen atoms in total. The molecule has 1 atom stereocenters. The maximum Gasteiger partial charge on any atom is 0.232 e. The molecule has 3 aromatic rings. The molecule has 0 spiro atoms. The molecule has 1 aliphatic heterocycles. The maximum absolute atomic E-state index is 11.6. The van der Waals surface area contributed by atoms with Crippen LogP contribution in [0.5, 0.6) is 0 Å². The zero-order chi connectivity index (χ0) is 15.1. The average Bonchev–Trinajstić information content (AvgIpc) is 3.21. The van der Waals surface area contributed by atoms with Crippen LogP contribution in [0.2, 0.25) is 0 Å². The molecular formula is C15H15N5O2. The Morgan fingerprint density at radius 2 is 2.23 bits per heavy atom. The molecule has 0 radical (unpaired) electrons. The van der Waals surface area contributed by atoms with Crippen molar-refractivity contribution in [2.24, 2.45) is 0 Å². The van der Waals surface area contributed by atoms with Crippen LogP contribution in [0.15, 0.2) is 35.1 Å². The van der Waals surface area contributed by atoms with E-state index in [-0.39, 0.29) is 11.8 Å². The number of carbonyl (C=O) groups is 1. The lowest BCUT2D eigenvalue weighted by molar-refractivity contribution is -0.126. The molecule has 1 aromatic carbocycles. The minimum atomic E-state index is -0.00159. The predicted molar refractivity (Wildman–Crippen MR) is 78.1 cm³/mol. The van der Waals surface area contributed by atoms with Gasteiger partial charge in [-0.3, -0.25) is 4.79 Å². The lowest BCUT2D eigenvalue weighted by Crippen LogP contribution is -2.18. The van der Waals surface area contributed by atoms with Crippen molar-refractivity contribution in [3.8, 4) is 0 Å². The highest BCUT2D eigenvalue weighted by atomic mass is 16.5. The number of benzene rings is 1. The van der Waals surface area contributed by atoms with Crippen LogP contribution in [-0.2, 0) is 11.3 Å². The van der Waals surface area contributed by atoms with Gasteiger partial charge in [0, 0.05) is 20.0 Å². The molecule has 2 aromatic heterocycles. The number of likely N-dealkylation sites (N-methyl/N-ethyl adjacent to an activating group) is 1. The summed E-state index contributed by atoms with van der Waals surface area (Å²) in [7, 11) is 1.79. The molecule has 7 heteroatoms. The first kappa shape index (κ1) is 13.0. The second-order valence-corrected chi connectivity index (χ2v) is 5.59. The Hall–Kier alpha value is -2.70. The van der Waals surface area contributed by atoms with Gasteiger partial charge in [-0.05, 0) is 12.1 Å². The largest absolute Gasteiger partial charge is 0.345 e. The minimum Gasteiger partial charge on any atom is -0.345 e. The zero-order valence-electron chi connectivity index (χ0n) is 12.1. The first-order chi connectivity index (χ1) is 10.7. The van der Waals surface area contributed by atoms with Gasteiger partial charge in [0.2, 0.25) is 11.8 Å². The van der Waals surface area contributed by atoms with Gasteiger partial charge in [0.25, 0.3) is 0 Å². The maximum atomic E-state index is 11.6. The van der Waals surface area contributed by atoms with E-state index in [1.807, 2.05) is 28.8 Å². The monoisotopic (exact) mass is 297 g/mol. The van der Waals surface area contributed by atoms with Crippen molar-refractivity contribution in [1.82, 2.24) is 24.6 Å². The van der Waals surface area contributed by atoms with E-state index in [2.05, 4.69) is 15.1 Å². The number of rotatable bonds is 3. The van der Waals surface area contributed by atoms with Crippen molar-refractivity contribution in [2.75, 3.05) is 13.6 Å². The highest BCUT2D eigenvalue weighted by molar-refractivity contribution is 5.79. The summed E-state index contributed by atoms with van der Waals surface area (Å²) < 4.78 is 7.31. The van der Waals surface area contributed by atoms with E-state index in [9.17, 15) is 4.79 Å². The number of hydrogen-bond donors (Lipinski definition) is 0. The molecular weight excluding hydrogens is 282 g/mol. The van der Waals surface area contributed by atoms with Crippen molar-refractivity contribution in [2.45, 2.75) is 18.9 Å². The Bertz CT molecular complexity index is 837. The SMILES string of the molecule is CN1CC(c2nc(Cn3cnc4ccccc43)no2)CC1=O. The molecule has 3 heterocycles. The van der Waals surface area contributed by atoms with E-state index in [1.165, 1.54) is 0 Å². The number of amides is 1. The molecule has 1 unspecified atom stereocenters. The molecule has 1 fully saturated rings. The lowest BCUT2D eigenvalue weighted by atomic mass is 10.1. The summed E-state index contributed by atoms with van der Waals surface area (Å²) in [5.74, 6) is 1.25. The van der Waals surface area contributed by atoms with E-state index in [0.717, 1.165) is 11.0 Å². The van der Waals surface area contributed by atoms with Crippen LogP contribution in [0.3, 0.4) is 0 Å². The number of para-hydroxylation sites is 2. The van der Waals surface area contributed by atoms with Gasteiger partial charge >= 0.3 is 0 Å². The molecule has 0 aliphatic carbocycles. The third-order valence-electron chi connectivity index (χ3n) is 4.01. The normalized spacial score (nSPS) is 18.5. The van der Waals surface area contributed by atoms with E-state index < -0.39 is 0 Å². The molecule has 22 heavy (non-hydrogen) atoms. The van der Waals surface area contributed by atoms with Gasteiger partial charge in [-0.2, -0.15) is 4.98 Å². The minimum absolute atomic E-state index is 0.00159. The fourth-order valence-corrected chi connectivity index (χ4v) is 2.82. The number of carbonyl (C=O) groups excluding carboxylic acids is 1. The lowest BCUT2D eigenvalue weighted by Gasteiger charge is -2.06. The summed E-state index contributed by atoms with van der Waals surface area (Å²) >= 11 is 0. The molecule has 1 amide bonds. The Balaban J connectivity index is 1.56. The van der Waals surface area contributed by atoms with Crippen molar-refractivity contribution in [3.05, 3.63) is 42.3 Å². The van der Waals surface area contributed by atoms with Gasteiger partial charge in [-0.25, -0.2) is 4.98 Å². The van der Waals surface area contributed by atoms with E-state index in [0.29, 0.717) is 31.2 Å². The summed E-state index contributed by atoms with van der Waals surface area (Å²) in [5, 5.41) is 4.03. The van der Waals surface area contributed by atoms with Crippen molar-refractivity contribution in [3.63, 3.8) is 0 Å². The number of imidazole rings is 1. The molecule has 1 saturated heterocycles. The van der Waals surface area contributed by atoms with Gasteiger partial charge in [0.05, 0.1) is 29.8 Å². The van der Waals surface area contributed by atoms with Crippen molar-refractivity contribution >= 4 is 16.9 Å². The predicted octanol–water partition coefficient (Wildman–Crippen LogP) is 1.41. The molecule has 0 N–H and O–H groups in total. The number of fused-ring (bicyclic) bond motifs is 1. The number of hydrogen-bond acceptors (Lipinski definition) is 5. The van der Waals surface area contributed by atoms with Crippen LogP contribution in [0.25, 0.3) is 11.0 Å². The quantitative estimate of drug-likeness (QED) is 0.730. The van der Waals surface area contributed by atoms with Crippen molar-refractivity contribution < 1.29 is 9.32 Å². The van der Waals surface area contributed by atoms with Crippen LogP contribution in [0, 0.1) is 0 Å². The standard InChI is InChI=1S/C15H15N5O2/c1-19-7-10(6-14(19)21)15-17-13(18-22-15)8-20-9-16-11-4-2-3-5-12(11)20/h2-5,9-10H,6-8H2,1H3. The second kappa shape index (κ2) is 4.94. The Kier molecular flexibility index (Phi) is 2.92. The zero-order valence-corrected chi connectivity index (χ0v) is 12.1. The Morgan fingerprint density at radius 1 is 1.36 bits per heavy atom. The highest BCUT2D eigenvalue weighted by Crippen LogP contribution is 2.26. The fraction of sp³-hybridized carbons (Fsp3) is 0.333. The number of aromatic nitrogens is 4. The average molecular weight is 297 g/mol. The summed E-state index contributed by atoms with van der Waals surface area (Å²) in [6.07, 6.45) is 2.21. The second-order valence-electron chi connectivity index (χ2n) is 5.59. The van der Waals surface area contributed by atoms with Crippen molar-refractivity contribution in [1.29, 1.82) is 0 Å². The first-order valence-corrected chi connectivity index (χ1v) is 7.17. The van der Waals surface area contributed by atoms with Gasteiger partial charge in [-0.15, -0.1) is 0 Å². The summed E-state index contributed by atoms with van der Waals surface area (Å²) in [5.41, 5.74) is 1.97. The molecule has 1 aliphatic rings. The Labute approximate surface area is 126 Å². The molecule has 0 saturated carbocycles. The first-order valence-electron chi connectivity index (χ1n) is 7.17. The van der Waals surface area contributed by atoms with Crippen LogP contribution in [0.1, 0.15) is 24.1 Å². The van der Waals surface area contributed by atoms with E-state index >= 15 is 0 Å². The van der Waals surface area contributed by atoms with Crippen LogP contribution >= 0.6 is 0 Å². The molecule has 0 bridgehead atoms. The number of likely N-dealkylation sites (tertiary alicyclic amines) is 1. The Morgan fingerprint density at radius 3 is 3.05 bits per heavy atom.